The van der Waals surface area contributed by atoms with Gasteiger partial charge in [0.2, 0.25) is 0 Å². The van der Waals surface area contributed by atoms with Crippen molar-refractivity contribution >= 4 is 56.5 Å². The van der Waals surface area contributed by atoms with Crippen LogP contribution in [0.3, 0.4) is 0 Å². The number of aromatic nitrogens is 4. The van der Waals surface area contributed by atoms with Gasteiger partial charge in [0.1, 0.15) is 34.1 Å². The van der Waals surface area contributed by atoms with Crippen molar-refractivity contribution in [3.63, 3.8) is 0 Å². The summed E-state index contributed by atoms with van der Waals surface area (Å²) in [5.41, 5.74) is 4.75. The van der Waals surface area contributed by atoms with Crippen molar-refractivity contribution in [3.05, 3.63) is 64.3 Å². The Balaban J connectivity index is 1.66. The lowest BCUT2D eigenvalue weighted by Crippen LogP contribution is -2.15. The first-order chi connectivity index (χ1) is 12.8. The van der Waals surface area contributed by atoms with Gasteiger partial charge in [-0.25, -0.2) is 4.98 Å². The van der Waals surface area contributed by atoms with Gasteiger partial charge in [0.05, 0.1) is 39.5 Å². The van der Waals surface area contributed by atoms with E-state index in [4.69, 9.17) is 9.40 Å². The Morgan fingerprint density at radius 2 is 2.00 bits per heavy atom. The van der Waals surface area contributed by atoms with Crippen molar-refractivity contribution in [2.45, 2.75) is 11.1 Å². The number of rotatable bonds is 1. The van der Waals surface area contributed by atoms with E-state index in [1.54, 1.807) is 24.1 Å². The first-order valence-electron chi connectivity index (χ1n) is 8.05. The molecule has 0 spiro atoms. The van der Waals surface area contributed by atoms with Crippen LogP contribution in [-0.4, -0.2) is 18.3 Å². The third-order valence-corrected chi connectivity index (χ3v) is 6.47. The Kier molecular flexibility index (Phi) is 2.86. The summed E-state index contributed by atoms with van der Waals surface area (Å²) in [7, 11) is 0. The molecule has 0 aliphatic carbocycles. The van der Waals surface area contributed by atoms with Crippen LogP contribution in [0.15, 0.2) is 51.9 Å². The summed E-state index contributed by atoms with van der Waals surface area (Å²) in [4.78, 5) is 17.8. The van der Waals surface area contributed by atoms with Gasteiger partial charge in [-0.3, -0.25) is 4.79 Å². The molecule has 0 saturated heterocycles. The van der Waals surface area contributed by atoms with Crippen LogP contribution in [0.2, 0.25) is 0 Å². The van der Waals surface area contributed by atoms with E-state index in [0.29, 0.717) is 16.5 Å². The lowest BCUT2D eigenvalue weighted by Gasteiger charge is -2.13. The lowest BCUT2D eigenvalue weighted by atomic mass is 10.1. The third-order valence-electron chi connectivity index (χ3n) is 4.73. The number of thioether (sulfide) groups is 1. The molecule has 1 aliphatic rings. The summed E-state index contributed by atoms with van der Waals surface area (Å²) >= 11 is 2.87. The highest BCUT2D eigenvalue weighted by Gasteiger charge is 2.31. The minimum atomic E-state index is -0.178. The highest BCUT2D eigenvalue weighted by molar-refractivity contribution is 7.99. The van der Waals surface area contributed by atoms with E-state index < -0.39 is 0 Å². The average Bonchev–Trinajstić information content (AvgIpc) is 3.36. The SMILES string of the molecule is O=c1c(C2SCc3nc4ccc5nsnc5c4n32)coc2ccccc12. The van der Waals surface area contributed by atoms with E-state index in [-0.39, 0.29) is 10.8 Å². The highest BCUT2D eigenvalue weighted by Crippen LogP contribution is 2.43. The predicted octanol–water partition coefficient (Wildman–Crippen LogP) is 3.94. The Bertz CT molecular complexity index is 1380. The lowest BCUT2D eigenvalue weighted by molar-refractivity contribution is 0.586. The molecule has 2 aromatic carbocycles. The van der Waals surface area contributed by atoms with E-state index >= 15 is 0 Å². The molecule has 0 saturated carbocycles. The van der Waals surface area contributed by atoms with E-state index in [1.165, 1.54) is 11.7 Å². The van der Waals surface area contributed by atoms with Crippen LogP contribution in [-0.2, 0) is 5.75 Å². The Morgan fingerprint density at radius 1 is 1.12 bits per heavy atom. The van der Waals surface area contributed by atoms with Crippen LogP contribution in [0.5, 0.6) is 0 Å². The minimum Gasteiger partial charge on any atom is -0.464 e. The van der Waals surface area contributed by atoms with E-state index in [2.05, 4.69) is 13.3 Å². The zero-order valence-corrected chi connectivity index (χ0v) is 14.9. The van der Waals surface area contributed by atoms with Gasteiger partial charge in [-0.2, -0.15) is 8.75 Å². The monoisotopic (exact) mass is 378 g/mol. The largest absolute Gasteiger partial charge is 0.464 e. The maximum absolute atomic E-state index is 13.1. The molecule has 0 N–H and O–H groups in total. The summed E-state index contributed by atoms with van der Waals surface area (Å²) in [5, 5.41) is 0.423. The Morgan fingerprint density at radius 3 is 2.96 bits per heavy atom. The zero-order chi connectivity index (χ0) is 17.3. The second kappa shape index (κ2) is 5.15. The van der Waals surface area contributed by atoms with Gasteiger partial charge in [0.15, 0.2) is 5.43 Å². The number of para-hydroxylation sites is 1. The van der Waals surface area contributed by atoms with E-state index in [0.717, 1.165) is 33.6 Å². The molecule has 8 heteroatoms. The van der Waals surface area contributed by atoms with Gasteiger partial charge in [0.25, 0.3) is 0 Å². The average molecular weight is 378 g/mol. The summed E-state index contributed by atoms with van der Waals surface area (Å²) in [6.07, 6.45) is 1.59. The van der Waals surface area contributed by atoms with Gasteiger partial charge in [-0.05, 0) is 24.3 Å². The highest BCUT2D eigenvalue weighted by atomic mass is 32.2. The summed E-state index contributed by atoms with van der Waals surface area (Å²) < 4.78 is 16.6. The Labute approximate surface area is 154 Å². The molecule has 6 rings (SSSR count). The molecular formula is C18H10N4O2S2. The van der Waals surface area contributed by atoms with E-state index in [9.17, 15) is 4.79 Å². The summed E-state index contributed by atoms with van der Waals surface area (Å²) in [6.45, 7) is 0. The van der Waals surface area contributed by atoms with E-state index in [1.807, 2.05) is 30.3 Å². The van der Waals surface area contributed by atoms with Gasteiger partial charge in [0, 0.05) is 0 Å². The van der Waals surface area contributed by atoms with Gasteiger partial charge in [-0.15, -0.1) is 11.8 Å². The topological polar surface area (TPSA) is 73.8 Å². The smallest absolute Gasteiger partial charge is 0.198 e. The van der Waals surface area contributed by atoms with Crippen molar-refractivity contribution in [3.8, 4) is 0 Å². The molecule has 0 radical (unpaired) electrons. The summed E-state index contributed by atoms with van der Waals surface area (Å²) in [6, 6.07) is 11.2. The predicted molar refractivity (Wildman–Crippen MR) is 103 cm³/mol. The molecule has 1 aliphatic heterocycles. The van der Waals surface area contributed by atoms with Crippen LogP contribution in [0.4, 0.5) is 0 Å². The number of imidazole rings is 1. The van der Waals surface area contributed by atoms with Crippen molar-refractivity contribution in [2.24, 2.45) is 0 Å². The normalized spacial score (nSPS) is 16.7. The Hall–Kier alpha value is -2.71. The number of nitrogens with zero attached hydrogens (tertiary/aromatic N) is 4. The molecule has 126 valence electrons. The van der Waals surface area contributed by atoms with Crippen LogP contribution in [0.1, 0.15) is 16.8 Å². The minimum absolute atomic E-state index is 0.00243. The third kappa shape index (κ3) is 1.83. The molecule has 0 fully saturated rings. The molecule has 0 bridgehead atoms. The molecule has 4 heterocycles. The quantitative estimate of drug-likeness (QED) is 0.440. The van der Waals surface area contributed by atoms with Crippen molar-refractivity contribution in [2.75, 3.05) is 0 Å². The molecule has 1 atom stereocenters. The van der Waals surface area contributed by atoms with Crippen molar-refractivity contribution in [1.82, 2.24) is 18.3 Å². The summed E-state index contributed by atoms with van der Waals surface area (Å²) in [5.74, 6) is 1.69. The molecule has 3 aromatic heterocycles. The number of hydrogen-bond acceptors (Lipinski definition) is 7. The van der Waals surface area contributed by atoms with Crippen LogP contribution >= 0.6 is 23.5 Å². The number of benzene rings is 2. The second-order valence-corrected chi connectivity index (χ2v) is 7.74. The maximum atomic E-state index is 13.1. The molecular weight excluding hydrogens is 368 g/mol. The number of fused-ring (bicyclic) bond motifs is 6. The number of hydrogen-bond donors (Lipinski definition) is 0. The fraction of sp³-hybridized carbons (Fsp3) is 0.111. The molecule has 26 heavy (non-hydrogen) atoms. The molecule has 0 amide bonds. The second-order valence-electron chi connectivity index (χ2n) is 6.14. The van der Waals surface area contributed by atoms with Crippen LogP contribution in [0.25, 0.3) is 33.0 Å². The van der Waals surface area contributed by atoms with Gasteiger partial charge < -0.3 is 8.98 Å². The molecule has 6 nitrogen and oxygen atoms in total. The maximum Gasteiger partial charge on any atom is 0.198 e. The molecule has 5 aromatic rings. The van der Waals surface area contributed by atoms with Crippen LogP contribution < -0.4 is 5.43 Å². The van der Waals surface area contributed by atoms with Gasteiger partial charge >= 0.3 is 0 Å². The van der Waals surface area contributed by atoms with Crippen molar-refractivity contribution < 1.29 is 4.42 Å². The fourth-order valence-corrected chi connectivity index (χ4v) is 5.32. The van der Waals surface area contributed by atoms with Crippen LogP contribution in [0, 0.1) is 0 Å². The van der Waals surface area contributed by atoms with Gasteiger partial charge in [-0.1, -0.05) is 12.1 Å². The zero-order valence-electron chi connectivity index (χ0n) is 13.2. The standard InChI is InChI=1S/C18H10N4O2S2/c23-17-9-3-1-2-4-13(9)24-7-10(17)18-22-14(8-25-18)19-12-6-5-11-15(16(12)22)21-26-20-11/h1-7,18H,8H2. The first-order valence-corrected chi connectivity index (χ1v) is 9.83. The first kappa shape index (κ1) is 14.5. The molecule has 1 unspecified atom stereocenters. The van der Waals surface area contributed by atoms with Crippen molar-refractivity contribution in [1.29, 1.82) is 0 Å². The fourth-order valence-electron chi connectivity index (χ4n) is 3.55.